The van der Waals surface area contributed by atoms with Gasteiger partial charge in [0, 0.05) is 12.7 Å². The number of imidazole rings is 1. The number of anilines is 1. The zero-order valence-corrected chi connectivity index (χ0v) is 14.0. The van der Waals surface area contributed by atoms with E-state index in [0.717, 1.165) is 24.4 Å². The van der Waals surface area contributed by atoms with Crippen molar-refractivity contribution in [2.75, 3.05) is 5.32 Å². The van der Waals surface area contributed by atoms with Crippen molar-refractivity contribution in [2.45, 2.75) is 46.1 Å². The molecule has 0 amide bonds. The number of aryl methyl sites for hydroxylation is 2. The Kier molecular flexibility index (Phi) is 4.96. The maximum atomic E-state index is 4.90. The molecule has 3 aromatic rings. The van der Waals surface area contributed by atoms with Gasteiger partial charge in [0.2, 0.25) is 0 Å². The average molecular weight is 307 g/mol. The molecule has 0 radical (unpaired) electrons. The summed E-state index contributed by atoms with van der Waals surface area (Å²) >= 11 is 0. The van der Waals surface area contributed by atoms with Crippen LogP contribution < -0.4 is 5.32 Å². The lowest BCUT2D eigenvalue weighted by Gasteiger charge is -2.09. The summed E-state index contributed by atoms with van der Waals surface area (Å²) in [7, 11) is 0. The number of nitrogens with zero attached hydrogens (tertiary/aromatic N) is 2. The molecule has 1 N–H and O–H groups in total. The lowest BCUT2D eigenvalue weighted by Crippen LogP contribution is -2.04. The van der Waals surface area contributed by atoms with Crippen LogP contribution in [0.4, 0.5) is 5.82 Å². The van der Waals surface area contributed by atoms with Gasteiger partial charge in [-0.15, -0.1) is 0 Å². The summed E-state index contributed by atoms with van der Waals surface area (Å²) in [5, 5.41) is 3.61. The van der Waals surface area contributed by atoms with Gasteiger partial charge in [-0.2, -0.15) is 0 Å². The van der Waals surface area contributed by atoms with E-state index in [-0.39, 0.29) is 0 Å². The molecular formula is C20H25N3. The molecule has 120 valence electrons. The van der Waals surface area contributed by atoms with Crippen LogP contribution in [0.25, 0.3) is 5.65 Å². The Morgan fingerprint density at radius 2 is 1.87 bits per heavy atom. The van der Waals surface area contributed by atoms with Gasteiger partial charge in [-0.3, -0.25) is 4.40 Å². The molecule has 0 aliphatic rings. The van der Waals surface area contributed by atoms with Crippen LogP contribution >= 0.6 is 0 Å². The van der Waals surface area contributed by atoms with Crippen LogP contribution in [0.2, 0.25) is 0 Å². The number of hydrogen-bond acceptors (Lipinski definition) is 2. The van der Waals surface area contributed by atoms with Gasteiger partial charge in [-0.25, -0.2) is 4.98 Å². The topological polar surface area (TPSA) is 29.3 Å². The fourth-order valence-electron chi connectivity index (χ4n) is 2.94. The first-order valence-electron chi connectivity index (χ1n) is 8.54. The molecule has 0 fully saturated rings. The molecule has 0 bridgehead atoms. The molecule has 23 heavy (non-hydrogen) atoms. The summed E-state index contributed by atoms with van der Waals surface area (Å²) in [6.07, 6.45) is 6.82. The molecule has 3 nitrogen and oxygen atoms in total. The number of aromatic nitrogens is 2. The van der Waals surface area contributed by atoms with Crippen molar-refractivity contribution in [3.63, 3.8) is 0 Å². The summed E-state index contributed by atoms with van der Waals surface area (Å²) in [6.45, 7) is 5.19. The average Bonchev–Trinajstić information content (AvgIpc) is 2.93. The summed E-state index contributed by atoms with van der Waals surface area (Å²) < 4.78 is 2.19. The Morgan fingerprint density at radius 3 is 2.65 bits per heavy atom. The van der Waals surface area contributed by atoms with Crippen molar-refractivity contribution in [1.29, 1.82) is 0 Å². The predicted molar refractivity (Wildman–Crippen MR) is 96.9 cm³/mol. The zero-order chi connectivity index (χ0) is 16.1. The molecular weight excluding hydrogens is 282 g/mol. The van der Waals surface area contributed by atoms with E-state index in [1.807, 2.05) is 0 Å². The van der Waals surface area contributed by atoms with Gasteiger partial charge in [-0.05, 0) is 37.0 Å². The largest absolute Gasteiger partial charge is 0.366 e. The second-order valence-electron chi connectivity index (χ2n) is 6.09. The molecule has 1 aromatic carbocycles. The summed E-state index contributed by atoms with van der Waals surface area (Å²) in [6, 6.07) is 14.7. The van der Waals surface area contributed by atoms with Gasteiger partial charge < -0.3 is 5.32 Å². The van der Waals surface area contributed by atoms with E-state index in [2.05, 4.69) is 72.2 Å². The molecule has 0 atom stereocenters. The van der Waals surface area contributed by atoms with Crippen molar-refractivity contribution in [3.05, 3.63) is 65.5 Å². The fourth-order valence-corrected chi connectivity index (χ4v) is 2.94. The maximum absolute atomic E-state index is 4.90. The van der Waals surface area contributed by atoms with E-state index < -0.39 is 0 Å². The third kappa shape index (κ3) is 3.55. The number of hydrogen-bond donors (Lipinski definition) is 1. The van der Waals surface area contributed by atoms with Crippen molar-refractivity contribution in [2.24, 2.45) is 0 Å². The number of pyridine rings is 1. The second kappa shape index (κ2) is 7.32. The van der Waals surface area contributed by atoms with Crippen LogP contribution in [-0.2, 0) is 13.0 Å². The Bertz CT molecular complexity index is 759. The van der Waals surface area contributed by atoms with E-state index >= 15 is 0 Å². The maximum Gasteiger partial charge on any atom is 0.141 e. The van der Waals surface area contributed by atoms with E-state index in [1.54, 1.807) is 0 Å². The van der Waals surface area contributed by atoms with Gasteiger partial charge in [0.25, 0.3) is 0 Å². The number of unbranched alkanes of at least 4 members (excludes halogenated alkanes) is 2. The molecule has 0 unspecified atom stereocenters. The molecule has 0 saturated heterocycles. The lowest BCUT2D eigenvalue weighted by atomic mass is 10.1. The third-order valence-electron chi connectivity index (χ3n) is 4.24. The van der Waals surface area contributed by atoms with Crippen LogP contribution in [0.1, 0.15) is 43.0 Å². The smallest absolute Gasteiger partial charge is 0.141 e. The Balaban J connectivity index is 1.88. The van der Waals surface area contributed by atoms with E-state index in [4.69, 9.17) is 4.98 Å². The standard InChI is InChI=1S/C20H25N3/c1-3-4-6-13-18-20(21-15-17-11-7-5-8-12-17)23-14-9-10-16(2)19(23)22-18/h5,7-12,14,21H,3-4,6,13,15H2,1-2H3. The van der Waals surface area contributed by atoms with Crippen molar-refractivity contribution < 1.29 is 0 Å². The molecule has 0 aliphatic carbocycles. The monoisotopic (exact) mass is 307 g/mol. The lowest BCUT2D eigenvalue weighted by molar-refractivity contribution is 0.710. The minimum atomic E-state index is 0.823. The zero-order valence-electron chi connectivity index (χ0n) is 14.0. The minimum absolute atomic E-state index is 0.823. The Labute approximate surface area is 138 Å². The second-order valence-corrected chi connectivity index (χ2v) is 6.09. The highest BCUT2D eigenvalue weighted by molar-refractivity contribution is 5.59. The number of fused-ring (bicyclic) bond motifs is 1. The molecule has 0 saturated carbocycles. The van der Waals surface area contributed by atoms with Crippen molar-refractivity contribution in [3.8, 4) is 0 Å². The van der Waals surface area contributed by atoms with Crippen LogP contribution in [0.15, 0.2) is 48.7 Å². The highest BCUT2D eigenvalue weighted by Gasteiger charge is 2.12. The fraction of sp³-hybridized carbons (Fsp3) is 0.350. The Hall–Kier alpha value is -2.29. The summed E-state index contributed by atoms with van der Waals surface area (Å²) in [4.78, 5) is 4.90. The van der Waals surface area contributed by atoms with Crippen molar-refractivity contribution >= 4 is 11.5 Å². The van der Waals surface area contributed by atoms with Gasteiger partial charge in [0.15, 0.2) is 0 Å². The predicted octanol–water partition coefficient (Wildman–Crippen LogP) is 4.99. The first-order valence-corrected chi connectivity index (χ1v) is 8.54. The van der Waals surface area contributed by atoms with Crippen LogP contribution in [-0.4, -0.2) is 9.38 Å². The van der Waals surface area contributed by atoms with Gasteiger partial charge >= 0.3 is 0 Å². The molecule has 2 aromatic heterocycles. The molecule has 0 spiro atoms. The number of rotatable bonds is 7. The van der Waals surface area contributed by atoms with Crippen LogP contribution in [0.3, 0.4) is 0 Å². The van der Waals surface area contributed by atoms with Crippen LogP contribution in [0.5, 0.6) is 0 Å². The van der Waals surface area contributed by atoms with Gasteiger partial charge in [-0.1, -0.05) is 56.2 Å². The number of nitrogens with one attached hydrogen (secondary N) is 1. The Morgan fingerprint density at radius 1 is 1.04 bits per heavy atom. The summed E-state index contributed by atoms with van der Waals surface area (Å²) in [5.41, 5.74) is 4.75. The van der Waals surface area contributed by atoms with Gasteiger partial charge in [0.05, 0.1) is 5.69 Å². The summed E-state index contributed by atoms with van der Waals surface area (Å²) in [5.74, 6) is 1.14. The molecule has 0 aliphatic heterocycles. The highest BCUT2D eigenvalue weighted by Crippen LogP contribution is 2.23. The minimum Gasteiger partial charge on any atom is -0.366 e. The first-order chi connectivity index (χ1) is 11.3. The molecule has 2 heterocycles. The van der Waals surface area contributed by atoms with Gasteiger partial charge in [0.1, 0.15) is 11.5 Å². The quantitative estimate of drug-likeness (QED) is 0.623. The van der Waals surface area contributed by atoms with Crippen LogP contribution in [0, 0.1) is 6.92 Å². The SMILES string of the molecule is CCCCCc1nc2c(C)cccn2c1NCc1ccccc1. The van der Waals surface area contributed by atoms with E-state index in [1.165, 1.54) is 36.1 Å². The molecule has 3 rings (SSSR count). The normalized spacial score (nSPS) is 11.0. The third-order valence-corrected chi connectivity index (χ3v) is 4.24. The molecule has 3 heteroatoms. The van der Waals surface area contributed by atoms with E-state index in [9.17, 15) is 0 Å². The highest BCUT2D eigenvalue weighted by atomic mass is 15.1. The van der Waals surface area contributed by atoms with E-state index in [0.29, 0.717) is 0 Å². The van der Waals surface area contributed by atoms with Crippen molar-refractivity contribution in [1.82, 2.24) is 9.38 Å². The number of benzene rings is 1. The first kappa shape index (κ1) is 15.6.